The molecule has 0 aliphatic carbocycles. The Bertz CT molecular complexity index is 762. The highest BCUT2D eigenvalue weighted by Gasteiger charge is 2.36. The Hall–Kier alpha value is -2.52. The summed E-state index contributed by atoms with van der Waals surface area (Å²) < 4.78 is 6.44. The second kappa shape index (κ2) is 11.4. The summed E-state index contributed by atoms with van der Waals surface area (Å²) in [5.41, 5.74) is 0.885. The lowest BCUT2D eigenvalue weighted by molar-refractivity contribution is -0.126. The number of para-hydroxylation sites is 1. The molecule has 8 nitrogen and oxygen atoms in total. The topological polar surface area (TPSA) is 109 Å². The minimum Gasteiger partial charge on any atom is -0.483 e. The van der Waals surface area contributed by atoms with Crippen LogP contribution in [-0.2, 0) is 19.1 Å². The molecule has 1 unspecified atom stereocenters. The number of nitrogens with one attached hydrogen (secondary N) is 1. The fourth-order valence-electron chi connectivity index (χ4n) is 2.82. The summed E-state index contributed by atoms with van der Waals surface area (Å²) in [6.45, 7) is 4.19. The van der Waals surface area contributed by atoms with E-state index in [2.05, 4.69) is 17.2 Å². The molecule has 2 aromatic rings. The van der Waals surface area contributed by atoms with Crippen molar-refractivity contribution < 1.29 is 24.2 Å². The Balaban J connectivity index is 0.000000878. The molecule has 152 valence electrons. The SMILES string of the molecule is CCCOCCCNC(=O)C1CC(=O)N(c2nc3ccccc3s2)C1.O=CO. The zero-order valence-electron chi connectivity index (χ0n) is 15.8. The molecule has 2 N–H and O–H groups in total. The number of fused-ring (bicyclic) bond motifs is 1. The summed E-state index contributed by atoms with van der Waals surface area (Å²) in [7, 11) is 0. The molecule has 0 saturated carbocycles. The van der Waals surface area contributed by atoms with Crippen LogP contribution in [0.3, 0.4) is 0 Å². The number of carbonyl (C=O) groups is 3. The predicted molar refractivity (Wildman–Crippen MR) is 108 cm³/mol. The van der Waals surface area contributed by atoms with Crippen molar-refractivity contribution in [3.63, 3.8) is 0 Å². The van der Waals surface area contributed by atoms with E-state index < -0.39 is 0 Å². The van der Waals surface area contributed by atoms with E-state index in [9.17, 15) is 9.59 Å². The first-order chi connectivity index (χ1) is 13.6. The van der Waals surface area contributed by atoms with E-state index in [-0.39, 0.29) is 30.6 Å². The molecule has 1 aliphatic heterocycles. The molecule has 0 radical (unpaired) electrons. The average molecular weight is 407 g/mol. The number of ether oxygens (including phenoxy) is 1. The maximum absolute atomic E-state index is 12.3. The van der Waals surface area contributed by atoms with Gasteiger partial charge in [-0.15, -0.1) is 0 Å². The number of carboxylic acid groups (broad SMARTS) is 1. The second-order valence-electron chi connectivity index (χ2n) is 6.23. The summed E-state index contributed by atoms with van der Waals surface area (Å²) >= 11 is 1.49. The summed E-state index contributed by atoms with van der Waals surface area (Å²) in [6.07, 6.45) is 2.03. The molecule has 2 amide bonds. The molecule has 3 rings (SSSR count). The Morgan fingerprint density at radius 3 is 2.89 bits per heavy atom. The van der Waals surface area contributed by atoms with Crippen LogP contribution in [0.4, 0.5) is 5.13 Å². The van der Waals surface area contributed by atoms with Crippen molar-refractivity contribution in [3.8, 4) is 0 Å². The van der Waals surface area contributed by atoms with Crippen LogP contribution < -0.4 is 10.2 Å². The minimum absolute atomic E-state index is 0.0366. The minimum atomic E-state index is -0.309. The molecule has 28 heavy (non-hydrogen) atoms. The van der Waals surface area contributed by atoms with Gasteiger partial charge in [0.2, 0.25) is 11.8 Å². The normalized spacial score (nSPS) is 16.0. The Labute approximate surface area is 167 Å². The predicted octanol–water partition coefficient (Wildman–Crippen LogP) is 2.28. The number of aromatic nitrogens is 1. The number of carbonyl (C=O) groups excluding carboxylic acids is 2. The first kappa shape index (κ1) is 21.8. The van der Waals surface area contributed by atoms with Crippen LogP contribution in [0.15, 0.2) is 24.3 Å². The van der Waals surface area contributed by atoms with Crippen LogP contribution in [0, 0.1) is 5.92 Å². The van der Waals surface area contributed by atoms with Crippen LogP contribution in [-0.4, -0.2) is 54.7 Å². The Morgan fingerprint density at radius 2 is 2.18 bits per heavy atom. The van der Waals surface area contributed by atoms with Crippen molar-refractivity contribution in [3.05, 3.63) is 24.3 Å². The molecule has 1 saturated heterocycles. The molecule has 0 spiro atoms. The average Bonchev–Trinajstić information content (AvgIpc) is 3.28. The van der Waals surface area contributed by atoms with Crippen LogP contribution in [0.2, 0.25) is 0 Å². The number of nitrogens with zero attached hydrogens (tertiary/aromatic N) is 2. The zero-order valence-corrected chi connectivity index (χ0v) is 16.6. The van der Waals surface area contributed by atoms with Gasteiger partial charge in [-0.1, -0.05) is 30.4 Å². The van der Waals surface area contributed by atoms with E-state index in [0.717, 1.165) is 29.7 Å². The number of rotatable bonds is 8. The van der Waals surface area contributed by atoms with Gasteiger partial charge in [-0.05, 0) is 25.0 Å². The van der Waals surface area contributed by atoms with Gasteiger partial charge in [0.25, 0.3) is 6.47 Å². The van der Waals surface area contributed by atoms with Crippen molar-refractivity contribution >= 4 is 45.0 Å². The van der Waals surface area contributed by atoms with Crippen LogP contribution in [0.25, 0.3) is 10.2 Å². The summed E-state index contributed by atoms with van der Waals surface area (Å²) in [5.74, 6) is -0.408. The van der Waals surface area contributed by atoms with Gasteiger partial charge in [0.15, 0.2) is 5.13 Å². The summed E-state index contributed by atoms with van der Waals surface area (Å²) in [4.78, 5) is 39.1. The first-order valence-corrected chi connectivity index (χ1v) is 10.0. The third kappa shape index (κ3) is 6.00. The fourth-order valence-corrected chi connectivity index (χ4v) is 3.81. The molecule has 1 aromatic heterocycles. The number of hydrogen-bond donors (Lipinski definition) is 2. The largest absolute Gasteiger partial charge is 0.483 e. The summed E-state index contributed by atoms with van der Waals surface area (Å²) in [5, 5.41) is 10.5. The van der Waals surface area contributed by atoms with Gasteiger partial charge in [-0.25, -0.2) is 4.98 Å². The Morgan fingerprint density at radius 1 is 1.43 bits per heavy atom. The van der Waals surface area contributed by atoms with Crippen molar-refractivity contribution in [2.75, 3.05) is 31.2 Å². The second-order valence-corrected chi connectivity index (χ2v) is 7.24. The fraction of sp³-hybridized carbons (Fsp3) is 0.474. The lowest BCUT2D eigenvalue weighted by Gasteiger charge is -2.13. The summed E-state index contributed by atoms with van der Waals surface area (Å²) in [6, 6.07) is 7.80. The lowest BCUT2D eigenvalue weighted by atomic mass is 10.1. The first-order valence-electron chi connectivity index (χ1n) is 9.20. The molecule has 1 fully saturated rings. The zero-order chi connectivity index (χ0) is 20.4. The van der Waals surface area contributed by atoms with Crippen molar-refractivity contribution in [1.82, 2.24) is 10.3 Å². The highest BCUT2D eigenvalue weighted by atomic mass is 32.1. The molecule has 0 bridgehead atoms. The number of thiazole rings is 1. The quantitative estimate of drug-likeness (QED) is 0.513. The van der Waals surface area contributed by atoms with E-state index in [0.29, 0.717) is 24.8 Å². The van der Waals surface area contributed by atoms with Gasteiger partial charge < -0.3 is 15.2 Å². The van der Waals surface area contributed by atoms with Gasteiger partial charge in [-0.2, -0.15) is 0 Å². The van der Waals surface area contributed by atoms with E-state index in [4.69, 9.17) is 14.6 Å². The van der Waals surface area contributed by atoms with E-state index in [1.54, 1.807) is 4.90 Å². The highest BCUT2D eigenvalue weighted by molar-refractivity contribution is 7.22. The van der Waals surface area contributed by atoms with Crippen molar-refractivity contribution in [1.29, 1.82) is 0 Å². The van der Waals surface area contributed by atoms with Gasteiger partial charge in [0.1, 0.15) is 0 Å². The third-order valence-corrected chi connectivity index (χ3v) is 5.18. The smallest absolute Gasteiger partial charge is 0.290 e. The molecular formula is C19H25N3O5S. The lowest BCUT2D eigenvalue weighted by Crippen LogP contribution is -2.33. The van der Waals surface area contributed by atoms with E-state index in [1.165, 1.54) is 11.3 Å². The van der Waals surface area contributed by atoms with Gasteiger partial charge >= 0.3 is 0 Å². The van der Waals surface area contributed by atoms with E-state index in [1.807, 2.05) is 24.3 Å². The third-order valence-electron chi connectivity index (χ3n) is 4.12. The number of amides is 2. The molecule has 1 atom stereocenters. The Kier molecular flexibility index (Phi) is 8.83. The standard InChI is InChI=1S/C18H23N3O3S.CH2O2/c1-2-9-24-10-5-8-19-17(23)13-11-16(22)21(12-13)18-20-14-6-3-4-7-15(14)25-18;2-1-3/h3-4,6-7,13H,2,5,8-12H2,1H3,(H,19,23);1H,(H,2,3). The van der Waals surface area contributed by atoms with Crippen LogP contribution >= 0.6 is 11.3 Å². The number of hydrogen-bond acceptors (Lipinski definition) is 6. The van der Waals surface area contributed by atoms with Gasteiger partial charge in [0, 0.05) is 32.7 Å². The maximum Gasteiger partial charge on any atom is 0.290 e. The van der Waals surface area contributed by atoms with Crippen LogP contribution in [0.5, 0.6) is 0 Å². The van der Waals surface area contributed by atoms with Gasteiger partial charge in [0.05, 0.1) is 16.1 Å². The van der Waals surface area contributed by atoms with Crippen molar-refractivity contribution in [2.45, 2.75) is 26.2 Å². The molecule has 1 aliphatic rings. The van der Waals surface area contributed by atoms with Crippen LogP contribution in [0.1, 0.15) is 26.2 Å². The van der Waals surface area contributed by atoms with E-state index >= 15 is 0 Å². The van der Waals surface area contributed by atoms with Crippen molar-refractivity contribution in [2.24, 2.45) is 5.92 Å². The monoisotopic (exact) mass is 407 g/mol. The van der Waals surface area contributed by atoms with Gasteiger partial charge in [-0.3, -0.25) is 19.3 Å². The maximum atomic E-state index is 12.3. The number of anilines is 1. The molecule has 9 heteroatoms. The molecule has 2 heterocycles. The number of benzene rings is 1. The molecule has 1 aromatic carbocycles. The highest BCUT2D eigenvalue weighted by Crippen LogP contribution is 2.32. The molecular weight excluding hydrogens is 382 g/mol.